The Kier molecular flexibility index (Phi) is 5.14. The van der Waals surface area contributed by atoms with Gasteiger partial charge < -0.3 is 4.74 Å². The summed E-state index contributed by atoms with van der Waals surface area (Å²) in [7, 11) is 1.35. The van der Waals surface area contributed by atoms with Crippen LogP contribution in [0.3, 0.4) is 0 Å². The first-order chi connectivity index (χ1) is 16.1. The molecule has 0 saturated carbocycles. The van der Waals surface area contributed by atoms with Gasteiger partial charge in [-0.05, 0) is 48.9 Å². The number of nitrogens with one attached hydrogen (secondary N) is 1. The summed E-state index contributed by atoms with van der Waals surface area (Å²) in [4.78, 5) is 27.1. The third-order valence-electron chi connectivity index (χ3n) is 5.77. The third kappa shape index (κ3) is 3.53. The largest absolute Gasteiger partial charge is 0.465 e. The van der Waals surface area contributed by atoms with Crippen LogP contribution in [0.5, 0.6) is 0 Å². The summed E-state index contributed by atoms with van der Waals surface area (Å²) in [6, 6.07) is 25.7. The lowest BCUT2D eigenvalue weighted by molar-refractivity contribution is 0.0600. The van der Waals surface area contributed by atoms with Crippen LogP contribution in [-0.2, 0) is 4.74 Å². The van der Waals surface area contributed by atoms with Gasteiger partial charge in [0.05, 0.1) is 30.1 Å². The van der Waals surface area contributed by atoms with E-state index in [-0.39, 0.29) is 6.03 Å². The molecule has 0 saturated heterocycles. The van der Waals surface area contributed by atoms with Gasteiger partial charge >= 0.3 is 12.0 Å². The number of hydrogen-bond acceptors (Lipinski definition) is 4. The molecule has 1 atom stereocenters. The van der Waals surface area contributed by atoms with Crippen LogP contribution in [0.25, 0.3) is 5.69 Å². The van der Waals surface area contributed by atoms with Gasteiger partial charge in [-0.25, -0.2) is 14.3 Å². The van der Waals surface area contributed by atoms with Gasteiger partial charge in [0.15, 0.2) is 0 Å². The van der Waals surface area contributed by atoms with Crippen LogP contribution in [0.4, 0.5) is 16.3 Å². The summed E-state index contributed by atoms with van der Waals surface area (Å²) in [5.41, 5.74) is 4.62. The Morgan fingerprint density at radius 1 is 0.909 bits per heavy atom. The van der Waals surface area contributed by atoms with Crippen molar-refractivity contribution in [1.82, 2.24) is 9.78 Å². The molecule has 0 radical (unpaired) electrons. The van der Waals surface area contributed by atoms with Crippen molar-refractivity contribution in [3.05, 3.63) is 107 Å². The number of carbonyl (C=O) groups excluding carboxylic acids is 2. The molecule has 1 aliphatic heterocycles. The lowest BCUT2D eigenvalue weighted by Gasteiger charge is -2.36. The molecule has 4 aromatic rings. The zero-order valence-electron chi connectivity index (χ0n) is 18.2. The average molecular weight is 438 g/mol. The Balaban J connectivity index is 1.70. The molecular formula is C26H22N4O3. The first kappa shape index (κ1) is 20.5. The normalized spacial score (nSPS) is 15.0. The van der Waals surface area contributed by atoms with Crippen LogP contribution in [-0.4, -0.2) is 28.9 Å². The Morgan fingerprint density at radius 2 is 1.52 bits per heavy atom. The molecule has 5 rings (SSSR count). The number of anilines is 2. The number of carbonyl (C=O) groups is 2. The van der Waals surface area contributed by atoms with Crippen molar-refractivity contribution in [3.8, 4) is 5.69 Å². The second kappa shape index (κ2) is 8.27. The number of benzene rings is 3. The van der Waals surface area contributed by atoms with Gasteiger partial charge in [0.25, 0.3) is 0 Å². The zero-order chi connectivity index (χ0) is 22.9. The summed E-state index contributed by atoms with van der Waals surface area (Å²) in [6.07, 6.45) is 0. The summed E-state index contributed by atoms with van der Waals surface area (Å²) in [5.74, 6) is 0.231. The number of methoxy groups -OCH3 is 1. The van der Waals surface area contributed by atoms with Crippen molar-refractivity contribution in [1.29, 1.82) is 0 Å². The Labute approximate surface area is 191 Å². The number of fused-ring (bicyclic) bond motifs is 1. The van der Waals surface area contributed by atoms with E-state index in [1.54, 1.807) is 21.7 Å². The van der Waals surface area contributed by atoms with Crippen molar-refractivity contribution in [3.63, 3.8) is 0 Å². The summed E-state index contributed by atoms with van der Waals surface area (Å²) >= 11 is 0. The quantitative estimate of drug-likeness (QED) is 0.449. The minimum Gasteiger partial charge on any atom is -0.465 e. The molecule has 164 valence electrons. The SMILES string of the molecule is COC(=O)c1ccc(C2c3c(C)nn(-c4ccccc4)c3NC(=O)N2c2ccccc2)cc1. The van der Waals surface area contributed by atoms with E-state index in [4.69, 9.17) is 9.84 Å². The fourth-order valence-corrected chi connectivity index (χ4v) is 4.24. The minimum atomic E-state index is -0.430. The number of aryl methyl sites for hydroxylation is 1. The maximum Gasteiger partial charge on any atom is 0.337 e. The van der Waals surface area contributed by atoms with Crippen LogP contribution in [0.15, 0.2) is 84.9 Å². The van der Waals surface area contributed by atoms with E-state index >= 15 is 0 Å². The average Bonchev–Trinajstić information content (AvgIpc) is 3.19. The predicted molar refractivity (Wildman–Crippen MR) is 126 cm³/mol. The highest BCUT2D eigenvalue weighted by Crippen LogP contribution is 2.42. The summed E-state index contributed by atoms with van der Waals surface area (Å²) < 4.78 is 6.59. The first-order valence-corrected chi connectivity index (χ1v) is 10.6. The number of para-hydroxylation sites is 2. The van der Waals surface area contributed by atoms with Crippen LogP contribution >= 0.6 is 0 Å². The number of aromatic nitrogens is 2. The highest BCUT2D eigenvalue weighted by atomic mass is 16.5. The molecule has 1 aromatic heterocycles. The maximum atomic E-state index is 13.5. The van der Waals surface area contributed by atoms with Crippen molar-refractivity contribution >= 4 is 23.5 Å². The van der Waals surface area contributed by atoms with E-state index in [9.17, 15) is 9.59 Å². The van der Waals surface area contributed by atoms with Crippen molar-refractivity contribution < 1.29 is 14.3 Å². The van der Waals surface area contributed by atoms with Gasteiger partial charge in [0.2, 0.25) is 0 Å². The molecule has 0 bridgehead atoms. The van der Waals surface area contributed by atoms with E-state index in [1.165, 1.54) is 7.11 Å². The van der Waals surface area contributed by atoms with E-state index in [2.05, 4.69) is 5.32 Å². The fourth-order valence-electron chi connectivity index (χ4n) is 4.24. The Morgan fingerprint density at radius 3 is 2.12 bits per heavy atom. The molecule has 2 heterocycles. The predicted octanol–water partition coefficient (Wildman–Crippen LogP) is 5.11. The Bertz CT molecular complexity index is 1320. The van der Waals surface area contributed by atoms with Crippen LogP contribution in [0.2, 0.25) is 0 Å². The van der Waals surface area contributed by atoms with Gasteiger partial charge in [-0.3, -0.25) is 10.2 Å². The molecular weight excluding hydrogens is 416 g/mol. The van der Waals surface area contributed by atoms with E-state index in [1.807, 2.05) is 79.7 Å². The third-order valence-corrected chi connectivity index (χ3v) is 5.77. The topological polar surface area (TPSA) is 76.5 Å². The smallest absolute Gasteiger partial charge is 0.337 e. The highest BCUT2D eigenvalue weighted by Gasteiger charge is 2.39. The molecule has 0 spiro atoms. The minimum absolute atomic E-state index is 0.257. The number of urea groups is 1. The van der Waals surface area contributed by atoms with Gasteiger partial charge in [-0.2, -0.15) is 5.10 Å². The van der Waals surface area contributed by atoms with Crippen molar-refractivity contribution in [2.24, 2.45) is 0 Å². The van der Waals surface area contributed by atoms with Gasteiger partial charge in [-0.1, -0.05) is 48.5 Å². The standard InChI is InChI=1S/C26H22N4O3/c1-17-22-23(18-13-15-19(16-14-18)25(31)33-2)29(20-9-5-3-6-10-20)26(32)27-24(22)30(28-17)21-11-7-4-8-12-21/h3-16,23H,1-2H3,(H,27,32). The van der Waals surface area contributed by atoms with E-state index < -0.39 is 12.0 Å². The second-order valence-electron chi connectivity index (χ2n) is 7.75. The molecule has 7 heteroatoms. The monoisotopic (exact) mass is 438 g/mol. The molecule has 33 heavy (non-hydrogen) atoms. The number of hydrogen-bond donors (Lipinski definition) is 1. The Hall–Kier alpha value is -4.39. The molecule has 0 fully saturated rings. The van der Waals surface area contributed by atoms with Crippen LogP contribution in [0, 0.1) is 6.92 Å². The number of amides is 2. The molecule has 1 aliphatic rings. The van der Waals surface area contributed by atoms with Gasteiger partial charge in [-0.15, -0.1) is 0 Å². The van der Waals surface area contributed by atoms with Crippen LogP contribution in [0.1, 0.15) is 33.2 Å². The zero-order valence-corrected chi connectivity index (χ0v) is 18.2. The maximum absolute atomic E-state index is 13.5. The molecule has 2 amide bonds. The van der Waals surface area contributed by atoms with Gasteiger partial charge in [0, 0.05) is 11.3 Å². The summed E-state index contributed by atoms with van der Waals surface area (Å²) in [6.45, 7) is 1.94. The number of rotatable bonds is 4. The van der Waals surface area contributed by atoms with E-state index in [0.717, 1.165) is 28.2 Å². The fraction of sp³-hybridized carbons (Fsp3) is 0.115. The van der Waals surface area contributed by atoms with Crippen LogP contribution < -0.4 is 10.2 Å². The highest BCUT2D eigenvalue weighted by molar-refractivity contribution is 6.05. The van der Waals surface area contributed by atoms with Crippen molar-refractivity contribution in [2.45, 2.75) is 13.0 Å². The second-order valence-corrected chi connectivity index (χ2v) is 7.75. The van der Waals surface area contributed by atoms with E-state index in [0.29, 0.717) is 11.4 Å². The number of nitrogens with zero attached hydrogens (tertiary/aromatic N) is 3. The molecule has 3 aromatic carbocycles. The molecule has 1 N–H and O–H groups in total. The van der Waals surface area contributed by atoms with Gasteiger partial charge in [0.1, 0.15) is 5.82 Å². The lowest BCUT2D eigenvalue weighted by Crippen LogP contribution is -2.43. The number of ether oxygens (including phenoxy) is 1. The molecule has 0 aliphatic carbocycles. The first-order valence-electron chi connectivity index (χ1n) is 10.6. The lowest BCUT2D eigenvalue weighted by atomic mass is 9.94. The van der Waals surface area contributed by atoms with Crippen molar-refractivity contribution in [2.75, 3.05) is 17.3 Å². The summed E-state index contributed by atoms with van der Waals surface area (Å²) in [5, 5.41) is 7.81. The molecule has 7 nitrogen and oxygen atoms in total. The number of esters is 1. The molecule has 1 unspecified atom stereocenters.